The maximum Gasteiger partial charge on any atom is 0.0363 e. The van der Waals surface area contributed by atoms with Crippen LogP contribution < -0.4 is 5.73 Å². The van der Waals surface area contributed by atoms with Crippen LogP contribution in [0.25, 0.3) is 0 Å². The monoisotopic (exact) mass is 231 g/mol. The summed E-state index contributed by atoms with van der Waals surface area (Å²) in [5, 5.41) is 0. The Kier molecular flexibility index (Phi) is 2.81. The van der Waals surface area contributed by atoms with Crippen molar-refractivity contribution in [2.45, 2.75) is 32.0 Å². The van der Waals surface area contributed by atoms with Crippen molar-refractivity contribution in [3.05, 3.63) is 29.3 Å². The Labute approximate surface area is 103 Å². The minimum atomic E-state index is 0.741. The topological polar surface area (TPSA) is 32.5 Å². The average molecular weight is 231 g/mol. The molecule has 0 spiro atoms. The van der Waals surface area contributed by atoms with Crippen molar-refractivity contribution in [2.75, 3.05) is 25.9 Å². The van der Waals surface area contributed by atoms with Crippen molar-refractivity contribution in [3.8, 4) is 0 Å². The molecule has 0 amide bonds. The molecule has 0 saturated carbocycles. The average Bonchev–Trinajstić information content (AvgIpc) is 2.87. The van der Waals surface area contributed by atoms with Crippen LogP contribution >= 0.6 is 0 Å². The molecule has 1 fully saturated rings. The first kappa shape index (κ1) is 11.1. The lowest BCUT2D eigenvalue weighted by molar-refractivity contribution is 0.194. The van der Waals surface area contributed by atoms with Crippen LogP contribution in [0.15, 0.2) is 18.2 Å². The van der Waals surface area contributed by atoms with Crippen LogP contribution in [0.3, 0.4) is 0 Å². The molecule has 92 valence electrons. The lowest BCUT2D eigenvalue weighted by atomic mass is 10.1. The van der Waals surface area contributed by atoms with Gasteiger partial charge in [0.1, 0.15) is 0 Å². The standard InChI is InChI=1S/C14H21N3/c1-16-7-3-5-12(16)9-17-8-11-4-2-6-14(15)13(11)10-17/h2,4,6,12H,3,5,7-10,15H2,1H3. The van der Waals surface area contributed by atoms with Crippen molar-refractivity contribution in [2.24, 2.45) is 0 Å². The van der Waals surface area contributed by atoms with Crippen LogP contribution in [0.1, 0.15) is 24.0 Å². The molecular weight excluding hydrogens is 210 g/mol. The zero-order chi connectivity index (χ0) is 11.8. The second-order valence-electron chi connectivity index (χ2n) is 5.43. The molecule has 1 saturated heterocycles. The smallest absolute Gasteiger partial charge is 0.0363 e. The zero-order valence-electron chi connectivity index (χ0n) is 10.5. The molecule has 2 aliphatic rings. The van der Waals surface area contributed by atoms with Gasteiger partial charge >= 0.3 is 0 Å². The highest BCUT2D eigenvalue weighted by atomic mass is 15.2. The van der Waals surface area contributed by atoms with E-state index in [0.29, 0.717) is 0 Å². The van der Waals surface area contributed by atoms with E-state index in [4.69, 9.17) is 5.73 Å². The summed E-state index contributed by atoms with van der Waals surface area (Å²) in [6.07, 6.45) is 2.70. The Morgan fingerprint density at radius 3 is 2.94 bits per heavy atom. The van der Waals surface area contributed by atoms with Gasteiger partial charge in [-0.3, -0.25) is 4.90 Å². The molecule has 3 heteroatoms. The maximum atomic E-state index is 6.03. The number of hydrogen-bond acceptors (Lipinski definition) is 3. The summed E-state index contributed by atoms with van der Waals surface area (Å²) in [5.41, 5.74) is 9.77. The van der Waals surface area contributed by atoms with E-state index in [-0.39, 0.29) is 0 Å². The molecule has 2 aliphatic heterocycles. The molecule has 1 unspecified atom stereocenters. The third kappa shape index (κ3) is 2.05. The third-order valence-electron chi connectivity index (χ3n) is 4.23. The van der Waals surface area contributed by atoms with E-state index in [1.807, 2.05) is 6.07 Å². The van der Waals surface area contributed by atoms with Crippen LogP contribution in [0, 0.1) is 0 Å². The minimum absolute atomic E-state index is 0.741. The molecule has 3 nitrogen and oxygen atoms in total. The van der Waals surface area contributed by atoms with Crippen molar-refractivity contribution in [3.63, 3.8) is 0 Å². The molecule has 17 heavy (non-hydrogen) atoms. The number of fused-ring (bicyclic) bond motifs is 1. The van der Waals surface area contributed by atoms with Crippen molar-refractivity contribution < 1.29 is 0 Å². The van der Waals surface area contributed by atoms with Gasteiger partial charge in [-0.15, -0.1) is 0 Å². The Hall–Kier alpha value is -1.06. The number of rotatable bonds is 2. The largest absolute Gasteiger partial charge is 0.398 e. The van der Waals surface area contributed by atoms with Crippen LogP contribution in [-0.4, -0.2) is 36.0 Å². The van der Waals surface area contributed by atoms with Gasteiger partial charge in [-0.1, -0.05) is 12.1 Å². The summed E-state index contributed by atoms with van der Waals surface area (Å²) in [7, 11) is 2.25. The van der Waals surface area contributed by atoms with Gasteiger partial charge in [0.15, 0.2) is 0 Å². The molecule has 1 aromatic rings. The minimum Gasteiger partial charge on any atom is -0.398 e. The number of nitrogen functional groups attached to an aromatic ring is 1. The fourth-order valence-electron chi connectivity index (χ4n) is 3.15. The number of nitrogens with two attached hydrogens (primary N) is 1. The van der Waals surface area contributed by atoms with Gasteiger partial charge in [-0.05, 0) is 43.6 Å². The summed E-state index contributed by atoms with van der Waals surface area (Å²) < 4.78 is 0. The van der Waals surface area contributed by atoms with Gasteiger partial charge in [0.25, 0.3) is 0 Å². The summed E-state index contributed by atoms with van der Waals surface area (Å²) in [6, 6.07) is 7.04. The van der Waals surface area contributed by atoms with E-state index >= 15 is 0 Å². The Morgan fingerprint density at radius 1 is 1.35 bits per heavy atom. The van der Waals surface area contributed by atoms with Gasteiger partial charge in [0, 0.05) is 31.4 Å². The number of anilines is 1. The van der Waals surface area contributed by atoms with Gasteiger partial charge in [-0.25, -0.2) is 0 Å². The first-order valence-electron chi connectivity index (χ1n) is 6.53. The quantitative estimate of drug-likeness (QED) is 0.786. The van der Waals surface area contributed by atoms with Crippen LogP contribution in [0.5, 0.6) is 0 Å². The highest BCUT2D eigenvalue weighted by Crippen LogP contribution is 2.28. The van der Waals surface area contributed by atoms with Crippen LogP contribution in [0.4, 0.5) is 5.69 Å². The Bertz CT molecular complexity index is 416. The number of hydrogen-bond donors (Lipinski definition) is 1. The molecule has 0 aliphatic carbocycles. The van der Waals surface area contributed by atoms with E-state index in [9.17, 15) is 0 Å². The number of benzene rings is 1. The predicted molar refractivity (Wildman–Crippen MR) is 70.6 cm³/mol. The molecule has 1 aromatic carbocycles. The summed E-state index contributed by atoms with van der Waals surface area (Å²) in [4.78, 5) is 5.03. The lowest BCUT2D eigenvalue weighted by Crippen LogP contribution is -2.36. The van der Waals surface area contributed by atoms with Crippen molar-refractivity contribution >= 4 is 5.69 Å². The Morgan fingerprint density at radius 2 is 2.24 bits per heavy atom. The van der Waals surface area contributed by atoms with Gasteiger partial charge in [0.2, 0.25) is 0 Å². The SMILES string of the molecule is CN1CCCC1CN1Cc2cccc(N)c2C1. The third-order valence-corrected chi connectivity index (χ3v) is 4.23. The maximum absolute atomic E-state index is 6.03. The highest BCUT2D eigenvalue weighted by Gasteiger charge is 2.27. The molecule has 1 atom stereocenters. The van der Waals surface area contributed by atoms with Crippen molar-refractivity contribution in [1.29, 1.82) is 0 Å². The molecule has 0 bridgehead atoms. The van der Waals surface area contributed by atoms with E-state index in [1.54, 1.807) is 0 Å². The number of likely N-dealkylation sites (N-methyl/N-ethyl adjacent to an activating group) is 1. The van der Waals surface area contributed by atoms with Crippen LogP contribution in [0.2, 0.25) is 0 Å². The highest BCUT2D eigenvalue weighted by molar-refractivity contribution is 5.52. The summed E-state index contributed by atoms with van der Waals surface area (Å²) in [6.45, 7) is 4.55. The normalized spacial score (nSPS) is 25.4. The fourth-order valence-corrected chi connectivity index (χ4v) is 3.15. The summed E-state index contributed by atoms with van der Waals surface area (Å²) in [5.74, 6) is 0. The zero-order valence-corrected chi connectivity index (χ0v) is 10.5. The van der Waals surface area contributed by atoms with Crippen molar-refractivity contribution in [1.82, 2.24) is 9.80 Å². The molecule has 2 N–H and O–H groups in total. The molecular formula is C14H21N3. The second kappa shape index (κ2) is 4.31. The summed E-state index contributed by atoms with van der Waals surface area (Å²) >= 11 is 0. The van der Waals surface area contributed by atoms with E-state index in [0.717, 1.165) is 24.8 Å². The van der Waals surface area contributed by atoms with Crippen LogP contribution in [-0.2, 0) is 13.1 Å². The first-order chi connectivity index (χ1) is 8.24. The molecule has 3 rings (SSSR count). The number of nitrogens with zero attached hydrogens (tertiary/aromatic N) is 2. The first-order valence-corrected chi connectivity index (χ1v) is 6.53. The molecule has 2 heterocycles. The van der Waals surface area contributed by atoms with Gasteiger partial charge in [0.05, 0.1) is 0 Å². The van der Waals surface area contributed by atoms with E-state index in [1.165, 1.54) is 37.1 Å². The lowest BCUT2D eigenvalue weighted by Gasteiger charge is -2.25. The fraction of sp³-hybridized carbons (Fsp3) is 0.571. The predicted octanol–water partition coefficient (Wildman–Crippen LogP) is 1.68. The molecule has 0 aromatic heterocycles. The Balaban J connectivity index is 1.68. The van der Waals surface area contributed by atoms with E-state index < -0.39 is 0 Å². The van der Waals surface area contributed by atoms with Gasteiger partial charge in [-0.2, -0.15) is 0 Å². The number of likely N-dealkylation sites (tertiary alicyclic amines) is 1. The van der Waals surface area contributed by atoms with E-state index in [2.05, 4.69) is 29.0 Å². The van der Waals surface area contributed by atoms with Gasteiger partial charge < -0.3 is 10.6 Å². The second-order valence-corrected chi connectivity index (χ2v) is 5.43. The molecule has 0 radical (unpaired) electrons.